The maximum Gasteiger partial charge on any atom is 0.341 e. The Morgan fingerprint density at radius 3 is 2.70 bits per heavy atom. The number of nitrogens with zero attached hydrogens (tertiary/aromatic N) is 3. The molecule has 1 amide bonds. The molecule has 27 heavy (non-hydrogen) atoms. The molecule has 0 aliphatic carbocycles. The monoisotopic (exact) mass is 412 g/mol. The molecule has 2 aromatic heterocycles. The Morgan fingerprint density at radius 1 is 1.30 bits per heavy atom. The van der Waals surface area contributed by atoms with Gasteiger partial charge in [0, 0.05) is 30.7 Å². The van der Waals surface area contributed by atoms with E-state index in [9.17, 15) is 9.59 Å². The zero-order valence-electron chi connectivity index (χ0n) is 15.8. The summed E-state index contributed by atoms with van der Waals surface area (Å²) in [7, 11) is 0. The molecule has 0 spiro atoms. The Labute approximate surface area is 169 Å². The Bertz CT molecular complexity index is 818. The minimum Gasteiger partial charge on any atom is -0.462 e. The lowest BCUT2D eigenvalue weighted by molar-refractivity contribution is 0.0526. The molecule has 1 N–H and O–H groups in total. The minimum atomic E-state index is -0.371. The van der Waals surface area contributed by atoms with Crippen molar-refractivity contribution in [3.05, 3.63) is 34.0 Å². The number of halogens is 1. The van der Waals surface area contributed by atoms with E-state index >= 15 is 0 Å². The predicted molar refractivity (Wildman–Crippen MR) is 108 cm³/mol. The number of amides is 1. The largest absolute Gasteiger partial charge is 0.462 e. The van der Waals surface area contributed by atoms with Crippen molar-refractivity contribution < 1.29 is 14.3 Å². The van der Waals surface area contributed by atoms with Crippen molar-refractivity contribution in [1.29, 1.82) is 0 Å². The number of anilines is 1. The summed E-state index contributed by atoms with van der Waals surface area (Å²) >= 11 is 1.46. The molecule has 0 radical (unpaired) electrons. The van der Waals surface area contributed by atoms with E-state index in [-0.39, 0.29) is 24.3 Å². The van der Waals surface area contributed by atoms with E-state index in [0.29, 0.717) is 29.4 Å². The van der Waals surface area contributed by atoms with Gasteiger partial charge in [0.15, 0.2) is 5.69 Å². The van der Waals surface area contributed by atoms with Crippen LogP contribution < -0.4 is 5.32 Å². The first kappa shape index (κ1) is 21.4. The summed E-state index contributed by atoms with van der Waals surface area (Å²) in [6, 6.07) is 1.68. The van der Waals surface area contributed by atoms with Gasteiger partial charge in [-0.25, -0.2) is 4.79 Å². The highest BCUT2D eigenvalue weighted by atomic mass is 35.5. The molecule has 9 heteroatoms. The lowest BCUT2D eigenvalue weighted by Gasteiger charge is -2.25. The number of fused-ring (bicyclic) bond motifs is 1. The van der Waals surface area contributed by atoms with Crippen LogP contribution in [0.15, 0.2) is 12.3 Å². The van der Waals surface area contributed by atoms with Crippen molar-refractivity contribution >= 4 is 40.6 Å². The van der Waals surface area contributed by atoms with Crippen LogP contribution in [-0.4, -0.2) is 46.3 Å². The van der Waals surface area contributed by atoms with E-state index in [0.717, 1.165) is 36.5 Å². The van der Waals surface area contributed by atoms with Crippen molar-refractivity contribution in [3.8, 4) is 0 Å². The van der Waals surface area contributed by atoms with E-state index in [1.54, 1.807) is 23.9 Å². The average Bonchev–Trinajstić information content (AvgIpc) is 3.25. The van der Waals surface area contributed by atoms with E-state index in [1.807, 2.05) is 6.92 Å². The third kappa shape index (κ3) is 4.51. The fraction of sp³-hybridized carbons (Fsp3) is 0.500. The van der Waals surface area contributed by atoms with Crippen LogP contribution in [0, 0.1) is 0 Å². The summed E-state index contributed by atoms with van der Waals surface area (Å²) in [4.78, 5) is 28.5. The molecule has 0 aromatic carbocycles. The van der Waals surface area contributed by atoms with Crippen LogP contribution in [0.1, 0.15) is 52.1 Å². The first-order valence-corrected chi connectivity index (χ1v) is 9.77. The summed E-state index contributed by atoms with van der Waals surface area (Å²) in [6.45, 7) is 9.52. The van der Waals surface area contributed by atoms with Crippen LogP contribution in [0.2, 0.25) is 0 Å². The van der Waals surface area contributed by atoms with Gasteiger partial charge in [-0.2, -0.15) is 5.10 Å². The number of hydrogen-bond acceptors (Lipinski definition) is 6. The molecular weight excluding hydrogens is 388 g/mol. The molecule has 0 saturated heterocycles. The van der Waals surface area contributed by atoms with Gasteiger partial charge in [0.25, 0.3) is 5.91 Å². The number of esters is 1. The molecule has 1 aliphatic rings. The van der Waals surface area contributed by atoms with Crippen LogP contribution in [0.5, 0.6) is 0 Å². The molecule has 0 atom stereocenters. The maximum absolute atomic E-state index is 12.6. The van der Waals surface area contributed by atoms with Crippen LogP contribution in [0.25, 0.3) is 0 Å². The molecular formula is C18H25ClN4O3S. The fourth-order valence-corrected chi connectivity index (χ4v) is 4.33. The van der Waals surface area contributed by atoms with Crippen molar-refractivity contribution in [2.75, 3.05) is 25.0 Å². The van der Waals surface area contributed by atoms with Gasteiger partial charge >= 0.3 is 5.97 Å². The zero-order chi connectivity index (χ0) is 18.7. The van der Waals surface area contributed by atoms with E-state index < -0.39 is 0 Å². The molecule has 3 rings (SSSR count). The first-order valence-electron chi connectivity index (χ1n) is 8.96. The number of carbonyl (C=O) groups excluding carboxylic acids is 2. The Kier molecular flexibility index (Phi) is 7.41. The number of nitrogens with one attached hydrogen (secondary N) is 1. The number of rotatable bonds is 6. The SMILES string of the molecule is CCOC(=O)c1c(NC(=O)c2ccn(CC)n2)sc2c1CCN(CC)C2.Cl. The number of thiophene rings is 1. The van der Waals surface area contributed by atoms with E-state index in [1.165, 1.54) is 11.3 Å². The Balaban J connectivity index is 0.00000261. The number of ether oxygens (including phenoxy) is 1. The Hall–Kier alpha value is -1.90. The van der Waals surface area contributed by atoms with Crippen LogP contribution in [0.4, 0.5) is 5.00 Å². The normalized spacial score (nSPS) is 13.6. The first-order chi connectivity index (χ1) is 12.6. The lowest BCUT2D eigenvalue weighted by atomic mass is 10.0. The van der Waals surface area contributed by atoms with Gasteiger partial charge in [-0.05, 0) is 38.4 Å². The molecule has 7 nitrogen and oxygen atoms in total. The van der Waals surface area contributed by atoms with Gasteiger partial charge in [-0.1, -0.05) is 6.92 Å². The zero-order valence-corrected chi connectivity index (χ0v) is 17.4. The van der Waals surface area contributed by atoms with Gasteiger partial charge in [0.1, 0.15) is 5.00 Å². The molecule has 0 saturated carbocycles. The summed E-state index contributed by atoms with van der Waals surface area (Å²) < 4.78 is 6.93. The van der Waals surface area contributed by atoms with Crippen molar-refractivity contribution in [3.63, 3.8) is 0 Å². The van der Waals surface area contributed by atoms with Crippen LogP contribution >= 0.6 is 23.7 Å². The van der Waals surface area contributed by atoms with Crippen LogP contribution in [-0.2, 0) is 24.2 Å². The highest BCUT2D eigenvalue weighted by molar-refractivity contribution is 7.17. The third-order valence-corrected chi connectivity index (χ3v) is 5.62. The van der Waals surface area contributed by atoms with Crippen molar-refractivity contribution in [2.24, 2.45) is 0 Å². The van der Waals surface area contributed by atoms with Crippen molar-refractivity contribution in [2.45, 2.75) is 40.3 Å². The summed E-state index contributed by atoms with van der Waals surface area (Å²) in [5.74, 6) is -0.682. The average molecular weight is 413 g/mol. The second kappa shape index (κ2) is 9.34. The predicted octanol–water partition coefficient (Wildman–Crippen LogP) is 3.19. The van der Waals surface area contributed by atoms with Gasteiger partial charge in [-0.15, -0.1) is 23.7 Å². The molecule has 3 heterocycles. The fourth-order valence-electron chi connectivity index (χ4n) is 3.06. The molecule has 0 unspecified atom stereocenters. The highest BCUT2D eigenvalue weighted by Gasteiger charge is 2.29. The summed E-state index contributed by atoms with van der Waals surface area (Å²) in [5, 5.41) is 7.66. The summed E-state index contributed by atoms with van der Waals surface area (Å²) in [5.41, 5.74) is 1.85. The smallest absolute Gasteiger partial charge is 0.341 e. The van der Waals surface area contributed by atoms with E-state index in [4.69, 9.17) is 4.74 Å². The summed E-state index contributed by atoms with van der Waals surface area (Å²) in [6.07, 6.45) is 2.55. The lowest BCUT2D eigenvalue weighted by Crippen LogP contribution is -2.30. The van der Waals surface area contributed by atoms with E-state index in [2.05, 4.69) is 22.2 Å². The topological polar surface area (TPSA) is 76.5 Å². The second-order valence-corrected chi connectivity index (χ2v) is 7.16. The van der Waals surface area contributed by atoms with Crippen LogP contribution in [0.3, 0.4) is 0 Å². The number of carbonyl (C=O) groups is 2. The number of aromatic nitrogens is 2. The molecule has 148 valence electrons. The number of hydrogen-bond donors (Lipinski definition) is 1. The minimum absolute atomic E-state index is 0. The molecule has 1 aliphatic heterocycles. The van der Waals surface area contributed by atoms with Gasteiger partial charge in [0.05, 0.1) is 12.2 Å². The van der Waals surface area contributed by atoms with Gasteiger partial charge in [0.2, 0.25) is 0 Å². The van der Waals surface area contributed by atoms with Gasteiger partial charge in [-0.3, -0.25) is 14.4 Å². The molecule has 0 fully saturated rings. The Morgan fingerprint density at radius 2 is 2.07 bits per heavy atom. The van der Waals surface area contributed by atoms with Crippen molar-refractivity contribution in [1.82, 2.24) is 14.7 Å². The quantitative estimate of drug-likeness (QED) is 0.737. The van der Waals surface area contributed by atoms with Gasteiger partial charge < -0.3 is 10.1 Å². The third-order valence-electron chi connectivity index (χ3n) is 4.49. The number of likely N-dealkylation sites (N-methyl/N-ethyl adjacent to an activating group) is 1. The molecule has 2 aromatic rings. The number of aryl methyl sites for hydroxylation is 1. The highest BCUT2D eigenvalue weighted by Crippen LogP contribution is 2.37. The second-order valence-electron chi connectivity index (χ2n) is 6.06. The molecule has 0 bridgehead atoms. The standard InChI is InChI=1S/C18H24N4O3S.ClH/c1-4-21-9-7-12-14(11-21)26-17(15(12)18(24)25-6-3)19-16(23)13-8-10-22(5-2)20-13;/h8,10H,4-7,9,11H2,1-3H3,(H,19,23);1H. The maximum atomic E-state index is 12.6.